The van der Waals surface area contributed by atoms with Gasteiger partial charge < -0.3 is 5.32 Å². The molecule has 0 fully saturated rings. The van der Waals surface area contributed by atoms with Crippen molar-refractivity contribution in [2.24, 2.45) is 0 Å². The van der Waals surface area contributed by atoms with Crippen LogP contribution in [0.3, 0.4) is 0 Å². The molecule has 0 radical (unpaired) electrons. The Balaban J connectivity index is 1.68. The maximum atomic E-state index is 13.9. The molecule has 0 aliphatic carbocycles. The molecule has 190 valence electrons. The first-order valence-electron chi connectivity index (χ1n) is 9.93. The topological polar surface area (TPSA) is 94.9 Å². The number of nitrogens with zero attached hydrogens (tertiary/aromatic N) is 7. The normalized spacial score (nSPS) is 11.8. The Morgan fingerprint density at radius 3 is 2.35 bits per heavy atom. The van der Waals surface area contributed by atoms with Crippen LogP contribution in [-0.2, 0) is 18.9 Å². The van der Waals surface area contributed by atoms with Crippen LogP contribution in [-0.4, -0.2) is 35.7 Å². The van der Waals surface area contributed by atoms with Gasteiger partial charge in [0.25, 0.3) is 5.91 Å². The minimum atomic E-state index is -5.22. The van der Waals surface area contributed by atoms with Crippen molar-refractivity contribution in [1.82, 2.24) is 29.8 Å². The fraction of sp³-hybridized carbons (Fsp3) is 0.143. The third-order valence-electron chi connectivity index (χ3n) is 4.89. The molecule has 1 amide bonds. The van der Waals surface area contributed by atoms with Crippen molar-refractivity contribution in [3.63, 3.8) is 0 Å². The van der Waals surface area contributed by atoms with Gasteiger partial charge in [-0.15, -0.1) is 4.80 Å². The van der Waals surface area contributed by atoms with Gasteiger partial charge in [0, 0.05) is 5.69 Å². The maximum absolute atomic E-state index is 13.9. The number of pyridine rings is 1. The zero-order valence-corrected chi connectivity index (χ0v) is 18.0. The van der Waals surface area contributed by atoms with Crippen molar-refractivity contribution in [2.75, 3.05) is 5.32 Å². The van der Waals surface area contributed by atoms with E-state index in [1.54, 1.807) is 0 Å². The molecule has 3 aromatic heterocycles. The van der Waals surface area contributed by atoms with Gasteiger partial charge in [-0.05, 0) is 17.7 Å². The summed E-state index contributed by atoms with van der Waals surface area (Å²) < 4.78 is 95.6. The lowest BCUT2D eigenvalue weighted by atomic mass is 10.1. The predicted molar refractivity (Wildman–Crippen MR) is 111 cm³/mol. The van der Waals surface area contributed by atoms with Crippen molar-refractivity contribution in [1.29, 1.82) is 0 Å². The molecule has 37 heavy (non-hydrogen) atoms. The van der Waals surface area contributed by atoms with Gasteiger partial charge in [0.15, 0.2) is 11.5 Å². The molecular weight excluding hydrogens is 513 g/mol. The molecule has 4 rings (SSSR count). The Morgan fingerprint density at radius 1 is 1.03 bits per heavy atom. The summed E-state index contributed by atoms with van der Waals surface area (Å²) in [6, 6.07) is 3.37. The quantitative estimate of drug-likeness (QED) is 0.297. The Morgan fingerprint density at radius 2 is 1.73 bits per heavy atom. The van der Waals surface area contributed by atoms with Crippen LogP contribution in [0.1, 0.15) is 27.2 Å². The molecule has 0 saturated heterocycles. The van der Waals surface area contributed by atoms with Gasteiger partial charge in [0.1, 0.15) is 5.82 Å². The van der Waals surface area contributed by atoms with Gasteiger partial charge in [-0.2, -0.15) is 41.6 Å². The summed E-state index contributed by atoms with van der Waals surface area (Å²) in [5.74, 6) is -2.99. The Kier molecular flexibility index (Phi) is 6.38. The van der Waals surface area contributed by atoms with Crippen molar-refractivity contribution < 1.29 is 35.5 Å². The highest BCUT2D eigenvalue weighted by Crippen LogP contribution is 2.37. The first-order valence-corrected chi connectivity index (χ1v) is 9.93. The highest BCUT2D eigenvalue weighted by molar-refractivity contribution is 6.05. The van der Waals surface area contributed by atoms with Gasteiger partial charge in [-0.1, -0.05) is 12.1 Å². The van der Waals surface area contributed by atoms with E-state index >= 15 is 0 Å². The van der Waals surface area contributed by atoms with E-state index in [0.29, 0.717) is 12.3 Å². The SMILES string of the molecule is [C-]#[N+]c1cc(NC(=O)c2cnn(Cc3cccc(F)c3C(F)(F)F)c2C(F)(F)F)cnc1-n1nccn1. The number of halogens is 7. The third-order valence-corrected chi connectivity index (χ3v) is 4.89. The van der Waals surface area contributed by atoms with Crippen LogP contribution >= 0.6 is 0 Å². The van der Waals surface area contributed by atoms with Crippen LogP contribution in [0.25, 0.3) is 10.7 Å². The van der Waals surface area contributed by atoms with E-state index < -0.39 is 53.0 Å². The molecular formula is C21H11F7N8O. The molecule has 1 aromatic carbocycles. The molecule has 0 spiro atoms. The van der Waals surface area contributed by atoms with E-state index in [4.69, 9.17) is 6.57 Å². The van der Waals surface area contributed by atoms with Crippen molar-refractivity contribution in [2.45, 2.75) is 18.9 Å². The summed E-state index contributed by atoms with van der Waals surface area (Å²) in [4.78, 5) is 20.9. The molecule has 3 heterocycles. The molecule has 1 N–H and O–H groups in total. The summed E-state index contributed by atoms with van der Waals surface area (Å²) in [7, 11) is 0. The molecule has 0 atom stereocenters. The molecule has 0 aliphatic rings. The number of amides is 1. The Labute approximate surface area is 202 Å². The first-order chi connectivity index (χ1) is 17.4. The number of carbonyl (C=O) groups excluding carboxylic acids is 1. The van der Waals surface area contributed by atoms with E-state index in [1.807, 2.05) is 0 Å². The minimum absolute atomic E-state index is 0.00244. The summed E-state index contributed by atoms with van der Waals surface area (Å²) >= 11 is 0. The predicted octanol–water partition coefficient (Wildman–Crippen LogP) is 4.89. The second kappa shape index (κ2) is 9.33. The summed E-state index contributed by atoms with van der Waals surface area (Å²) in [5, 5.41) is 13.2. The molecule has 4 aromatic rings. The first kappa shape index (κ1) is 25.3. The molecule has 0 unspecified atom stereocenters. The smallest absolute Gasteiger partial charge is 0.322 e. The molecule has 0 saturated carbocycles. The molecule has 16 heteroatoms. The van der Waals surface area contributed by atoms with E-state index in [-0.39, 0.29) is 21.9 Å². The number of alkyl halides is 6. The lowest BCUT2D eigenvalue weighted by Gasteiger charge is -2.16. The third kappa shape index (κ3) is 5.10. The maximum Gasteiger partial charge on any atom is 0.433 e. The van der Waals surface area contributed by atoms with Crippen LogP contribution in [0.15, 0.2) is 49.1 Å². The number of anilines is 1. The van der Waals surface area contributed by atoms with Crippen molar-refractivity contribution in [3.05, 3.63) is 88.7 Å². The summed E-state index contributed by atoms with van der Waals surface area (Å²) in [6.07, 6.45) is -6.19. The van der Waals surface area contributed by atoms with Crippen molar-refractivity contribution >= 4 is 17.3 Å². The van der Waals surface area contributed by atoms with Crippen LogP contribution < -0.4 is 5.32 Å². The average molecular weight is 524 g/mol. The second-order valence-electron chi connectivity index (χ2n) is 7.29. The Hall–Kier alpha value is -4.81. The van der Waals surface area contributed by atoms with Crippen LogP contribution in [0, 0.1) is 12.4 Å². The summed E-state index contributed by atoms with van der Waals surface area (Å²) in [6.45, 7) is 6.15. The molecule has 0 bridgehead atoms. The number of hydrogen-bond acceptors (Lipinski definition) is 5. The minimum Gasteiger partial charge on any atom is -0.322 e. The van der Waals surface area contributed by atoms with Crippen LogP contribution in [0.5, 0.6) is 0 Å². The van der Waals surface area contributed by atoms with E-state index in [0.717, 1.165) is 29.2 Å². The highest BCUT2D eigenvalue weighted by Gasteiger charge is 2.41. The lowest BCUT2D eigenvalue weighted by molar-refractivity contribution is -0.144. The monoisotopic (exact) mass is 524 g/mol. The highest BCUT2D eigenvalue weighted by atomic mass is 19.4. The number of carbonyl (C=O) groups is 1. The van der Waals surface area contributed by atoms with Gasteiger partial charge >= 0.3 is 12.4 Å². The van der Waals surface area contributed by atoms with Gasteiger partial charge in [0.2, 0.25) is 5.69 Å². The van der Waals surface area contributed by atoms with E-state index in [1.165, 1.54) is 12.4 Å². The number of benzene rings is 1. The fourth-order valence-corrected chi connectivity index (χ4v) is 3.42. The molecule has 0 aliphatic heterocycles. The largest absolute Gasteiger partial charge is 0.433 e. The Bertz CT molecular complexity index is 1500. The lowest BCUT2D eigenvalue weighted by Crippen LogP contribution is -2.23. The zero-order valence-electron chi connectivity index (χ0n) is 18.0. The van der Waals surface area contributed by atoms with Crippen molar-refractivity contribution in [3.8, 4) is 5.82 Å². The van der Waals surface area contributed by atoms with Gasteiger partial charge in [0.05, 0.1) is 49.0 Å². The standard InChI is InChI=1S/C21H11F7N8O/c1-29-15-7-12(8-30-18(15)36-31-5-6-32-36)34-19(37)13-9-33-35(17(13)21(26,27)28)10-11-3-2-4-14(22)16(11)20(23,24)25/h2-9H,10H2,(H,34,37). The van der Waals surface area contributed by atoms with Gasteiger partial charge in [-0.3, -0.25) is 9.48 Å². The van der Waals surface area contributed by atoms with Gasteiger partial charge in [-0.25, -0.2) is 14.2 Å². The van der Waals surface area contributed by atoms with Crippen LogP contribution in [0.2, 0.25) is 0 Å². The number of rotatable bonds is 5. The van der Waals surface area contributed by atoms with E-state index in [2.05, 4.69) is 30.4 Å². The molecule has 9 nitrogen and oxygen atoms in total. The number of aromatic nitrogens is 6. The fourth-order valence-electron chi connectivity index (χ4n) is 3.42. The second-order valence-corrected chi connectivity index (χ2v) is 7.29. The summed E-state index contributed by atoms with van der Waals surface area (Å²) in [5.41, 5.74) is -5.52. The van der Waals surface area contributed by atoms with Crippen LogP contribution in [0.4, 0.5) is 42.1 Å². The number of hydrogen-bond donors (Lipinski definition) is 1. The average Bonchev–Trinajstić information content (AvgIpc) is 3.48. The van der Waals surface area contributed by atoms with E-state index in [9.17, 15) is 35.5 Å². The zero-order chi connectivity index (χ0) is 27.0. The number of nitrogens with one attached hydrogen (secondary N) is 1.